The molecule has 0 unspecified atom stereocenters. The summed E-state index contributed by atoms with van der Waals surface area (Å²) in [7, 11) is 1.62. The van der Waals surface area contributed by atoms with Crippen molar-refractivity contribution in [2.45, 2.75) is 25.5 Å². The van der Waals surface area contributed by atoms with Crippen LogP contribution in [0.2, 0.25) is 0 Å². The number of hydrogen-bond acceptors (Lipinski definition) is 6. The Morgan fingerprint density at radius 2 is 2.03 bits per heavy atom. The molecule has 2 aromatic carbocycles. The van der Waals surface area contributed by atoms with Gasteiger partial charge in [-0.15, -0.1) is 0 Å². The molecule has 0 N–H and O–H groups in total. The smallest absolute Gasteiger partial charge is 0.344 e. The lowest BCUT2D eigenvalue weighted by Crippen LogP contribution is -2.37. The number of methoxy groups -OCH3 is 1. The van der Waals surface area contributed by atoms with E-state index in [2.05, 4.69) is 4.90 Å². The average molecular weight is 393 g/mol. The van der Waals surface area contributed by atoms with Gasteiger partial charge in [-0.2, -0.15) is 0 Å². The molecule has 3 heterocycles. The molecule has 6 heteroatoms. The van der Waals surface area contributed by atoms with Crippen LogP contribution in [0.3, 0.4) is 0 Å². The fourth-order valence-electron chi connectivity index (χ4n) is 4.10. The van der Waals surface area contributed by atoms with Crippen LogP contribution in [0, 0.1) is 0 Å². The second kappa shape index (κ2) is 7.54. The predicted molar refractivity (Wildman–Crippen MR) is 109 cm³/mol. The Labute approximate surface area is 168 Å². The molecule has 0 spiro atoms. The highest BCUT2D eigenvalue weighted by Gasteiger charge is 2.25. The first-order chi connectivity index (χ1) is 14.2. The maximum Gasteiger partial charge on any atom is 0.344 e. The van der Waals surface area contributed by atoms with Crippen LogP contribution in [0.1, 0.15) is 18.4 Å². The summed E-state index contributed by atoms with van der Waals surface area (Å²) < 4.78 is 22.7. The van der Waals surface area contributed by atoms with Crippen molar-refractivity contribution in [3.63, 3.8) is 0 Å². The van der Waals surface area contributed by atoms with Crippen molar-refractivity contribution in [1.29, 1.82) is 0 Å². The van der Waals surface area contributed by atoms with Crippen molar-refractivity contribution >= 4 is 11.0 Å². The molecule has 150 valence electrons. The van der Waals surface area contributed by atoms with Crippen LogP contribution in [0.5, 0.6) is 11.5 Å². The molecule has 0 radical (unpaired) electrons. The topological polar surface area (TPSA) is 61.1 Å². The van der Waals surface area contributed by atoms with E-state index in [9.17, 15) is 4.79 Å². The third-order valence-corrected chi connectivity index (χ3v) is 5.63. The lowest BCUT2D eigenvalue weighted by molar-refractivity contribution is 0.0281. The molecule has 0 bridgehead atoms. The second-order valence-electron chi connectivity index (χ2n) is 7.56. The van der Waals surface area contributed by atoms with Crippen LogP contribution in [0.25, 0.3) is 22.1 Å². The minimum atomic E-state index is -0.354. The summed E-state index contributed by atoms with van der Waals surface area (Å²) in [5.41, 5.74) is 2.50. The van der Waals surface area contributed by atoms with Crippen molar-refractivity contribution in [3.05, 3.63) is 58.4 Å². The summed E-state index contributed by atoms with van der Waals surface area (Å²) >= 11 is 0. The largest absolute Gasteiger partial charge is 0.497 e. The quantitative estimate of drug-likeness (QED) is 0.629. The summed E-state index contributed by atoms with van der Waals surface area (Å²) in [4.78, 5) is 15.0. The maximum absolute atomic E-state index is 12.8. The Morgan fingerprint density at radius 3 is 2.79 bits per heavy atom. The fourth-order valence-corrected chi connectivity index (χ4v) is 4.10. The predicted octanol–water partition coefficient (Wildman–Crippen LogP) is 3.80. The van der Waals surface area contributed by atoms with E-state index in [4.69, 9.17) is 18.6 Å². The summed E-state index contributed by atoms with van der Waals surface area (Å²) in [5, 5.41) is 0.886. The number of rotatable bonds is 4. The number of benzene rings is 2. The van der Waals surface area contributed by atoms with Gasteiger partial charge in [-0.25, -0.2) is 4.79 Å². The lowest BCUT2D eigenvalue weighted by Gasteiger charge is -2.30. The van der Waals surface area contributed by atoms with Gasteiger partial charge < -0.3 is 18.6 Å². The van der Waals surface area contributed by atoms with E-state index in [1.165, 1.54) is 0 Å². The Balaban J connectivity index is 1.49. The molecule has 2 aliphatic heterocycles. The first kappa shape index (κ1) is 18.2. The van der Waals surface area contributed by atoms with Gasteiger partial charge in [-0.3, -0.25) is 4.90 Å². The zero-order valence-electron chi connectivity index (χ0n) is 16.3. The fraction of sp³-hybridized carbons (Fsp3) is 0.348. The van der Waals surface area contributed by atoms with E-state index in [1.54, 1.807) is 7.11 Å². The third kappa shape index (κ3) is 3.50. The molecule has 1 aromatic heterocycles. The maximum atomic E-state index is 12.8. The van der Waals surface area contributed by atoms with E-state index < -0.39 is 0 Å². The van der Waals surface area contributed by atoms with E-state index >= 15 is 0 Å². The highest BCUT2D eigenvalue weighted by molar-refractivity contribution is 5.86. The number of ether oxygens (including phenoxy) is 3. The van der Waals surface area contributed by atoms with Gasteiger partial charge >= 0.3 is 5.63 Å². The van der Waals surface area contributed by atoms with Crippen LogP contribution in [-0.2, 0) is 11.3 Å². The standard InChI is InChI=1S/C23H23NO5/c1-26-17-7-4-15(5-8-17)19-11-16-6-9-21-20(22(16)29-23(19)25)13-24(14-28-21)12-18-3-2-10-27-18/h4-9,11,18H,2-3,10,12-14H2,1H3/t18-/m1/s1. The molecule has 0 aliphatic carbocycles. The first-order valence-electron chi connectivity index (χ1n) is 9.92. The van der Waals surface area contributed by atoms with E-state index in [1.807, 2.05) is 42.5 Å². The van der Waals surface area contributed by atoms with Crippen LogP contribution >= 0.6 is 0 Å². The molecule has 1 atom stereocenters. The van der Waals surface area contributed by atoms with Crippen molar-refractivity contribution in [2.24, 2.45) is 0 Å². The molecule has 6 nitrogen and oxygen atoms in total. The van der Waals surface area contributed by atoms with Gasteiger partial charge in [0.15, 0.2) is 0 Å². The van der Waals surface area contributed by atoms with E-state index in [0.29, 0.717) is 24.4 Å². The van der Waals surface area contributed by atoms with E-state index in [0.717, 1.165) is 54.0 Å². The van der Waals surface area contributed by atoms with Gasteiger partial charge in [0.25, 0.3) is 0 Å². The molecule has 1 saturated heterocycles. The van der Waals surface area contributed by atoms with Crippen LogP contribution in [0.4, 0.5) is 0 Å². The van der Waals surface area contributed by atoms with Crippen LogP contribution in [0.15, 0.2) is 51.7 Å². The summed E-state index contributed by atoms with van der Waals surface area (Å²) in [6.45, 7) is 2.86. The Hall–Kier alpha value is -2.83. The lowest BCUT2D eigenvalue weighted by atomic mass is 10.0. The van der Waals surface area contributed by atoms with Crippen LogP contribution < -0.4 is 15.1 Å². The summed E-state index contributed by atoms with van der Waals surface area (Å²) in [6, 6.07) is 13.2. The third-order valence-electron chi connectivity index (χ3n) is 5.63. The molecule has 0 saturated carbocycles. The van der Waals surface area contributed by atoms with Crippen molar-refractivity contribution in [1.82, 2.24) is 4.90 Å². The van der Waals surface area contributed by atoms with Crippen molar-refractivity contribution in [2.75, 3.05) is 27.0 Å². The van der Waals surface area contributed by atoms with Crippen molar-refractivity contribution < 1.29 is 18.6 Å². The SMILES string of the molecule is COc1ccc(-c2cc3ccc4c(c3oc2=O)CN(C[C@H]2CCCO2)CO4)cc1. The van der Waals surface area contributed by atoms with E-state index in [-0.39, 0.29) is 11.7 Å². The Bertz CT molecular complexity index is 1080. The average Bonchev–Trinajstić information content (AvgIpc) is 3.26. The molecule has 1 fully saturated rings. The van der Waals surface area contributed by atoms with Crippen molar-refractivity contribution in [3.8, 4) is 22.6 Å². The number of hydrogen-bond donors (Lipinski definition) is 0. The van der Waals surface area contributed by atoms with Gasteiger partial charge in [0.05, 0.1) is 24.3 Å². The molecule has 29 heavy (non-hydrogen) atoms. The van der Waals surface area contributed by atoms with Gasteiger partial charge in [0.1, 0.15) is 23.8 Å². The first-order valence-corrected chi connectivity index (χ1v) is 9.92. The summed E-state index contributed by atoms with van der Waals surface area (Å²) in [6.07, 6.45) is 2.45. The van der Waals surface area contributed by atoms with Gasteiger partial charge in [0, 0.05) is 25.1 Å². The summed E-state index contributed by atoms with van der Waals surface area (Å²) in [5.74, 6) is 1.53. The van der Waals surface area contributed by atoms with Gasteiger partial charge in [0.2, 0.25) is 0 Å². The normalized spacial score (nSPS) is 19.1. The molecule has 5 rings (SSSR count). The molecule has 0 amide bonds. The molecule has 2 aliphatic rings. The monoisotopic (exact) mass is 393 g/mol. The minimum absolute atomic E-state index is 0.254. The molecule has 3 aromatic rings. The molecular formula is C23H23NO5. The Kier molecular flexibility index (Phi) is 4.73. The van der Waals surface area contributed by atoms with Crippen LogP contribution in [-0.4, -0.2) is 38.0 Å². The zero-order valence-corrected chi connectivity index (χ0v) is 16.3. The van der Waals surface area contributed by atoms with Gasteiger partial charge in [-0.1, -0.05) is 12.1 Å². The highest BCUT2D eigenvalue weighted by Crippen LogP contribution is 2.33. The molecular weight excluding hydrogens is 370 g/mol. The number of nitrogens with zero attached hydrogens (tertiary/aromatic N) is 1. The minimum Gasteiger partial charge on any atom is -0.497 e. The van der Waals surface area contributed by atoms with Gasteiger partial charge in [-0.05, 0) is 48.7 Å². The highest BCUT2D eigenvalue weighted by atomic mass is 16.5. The second-order valence-corrected chi connectivity index (χ2v) is 7.56. The number of fused-ring (bicyclic) bond motifs is 3. The zero-order chi connectivity index (χ0) is 19.8. The Morgan fingerprint density at radius 1 is 1.17 bits per heavy atom.